The summed E-state index contributed by atoms with van der Waals surface area (Å²) in [7, 11) is 0. The Balaban J connectivity index is 0.00000200. The van der Waals surface area contributed by atoms with Crippen molar-refractivity contribution in [2.45, 2.75) is 26.3 Å². The topological polar surface area (TPSA) is 35.5 Å². The number of phenolic OH excluding ortho intramolecular Hbond substituents is 1. The van der Waals surface area contributed by atoms with Gasteiger partial charge >= 0.3 is 0 Å². The Morgan fingerprint density at radius 1 is 1.29 bits per heavy atom. The van der Waals surface area contributed by atoms with E-state index in [-0.39, 0.29) is 36.6 Å². The summed E-state index contributed by atoms with van der Waals surface area (Å²) >= 11 is 6.06. The monoisotopic (exact) mass is 354 g/mol. The minimum atomic E-state index is 0. The zero-order valence-electron chi connectivity index (χ0n) is 12.5. The van der Waals surface area contributed by atoms with E-state index in [1.54, 1.807) is 6.07 Å². The van der Waals surface area contributed by atoms with Gasteiger partial charge in [0.25, 0.3) is 0 Å². The van der Waals surface area contributed by atoms with Crippen LogP contribution in [0.1, 0.15) is 31.9 Å². The zero-order chi connectivity index (χ0) is 13.8. The first kappa shape index (κ1) is 20.8. The molecule has 0 amide bonds. The van der Waals surface area contributed by atoms with Gasteiger partial charge in [-0.1, -0.05) is 44.0 Å². The molecule has 0 spiro atoms. The van der Waals surface area contributed by atoms with Crippen molar-refractivity contribution in [1.29, 1.82) is 0 Å². The van der Waals surface area contributed by atoms with Gasteiger partial charge in [-0.2, -0.15) is 0 Å². The number of aromatic hydroxyl groups is 1. The average molecular weight is 356 g/mol. The van der Waals surface area contributed by atoms with Gasteiger partial charge in [0.2, 0.25) is 0 Å². The molecule has 0 radical (unpaired) electrons. The van der Waals surface area contributed by atoms with Crippen molar-refractivity contribution in [3.63, 3.8) is 0 Å². The quantitative estimate of drug-likeness (QED) is 0.860. The summed E-state index contributed by atoms with van der Waals surface area (Å²) in [4.78, 5) is 2.45. The number of para-hydroxylation sites is 1. The molecule has 0 aromatic heterocycles. The van der Waals surface area contributed by atoms with Crippen molar-refractivity contribution in [2.24, 2.45) is 5.92 Å². The molecular formula is C15H25Cl3N2O. The van der Waals surface area contributed by atoms with Crippen LogP contribution in [0.25, 0.3) is 0 Å². The summed E-state index contributed by atoms with van der Waals surface area (Å²) in [6, 6.07) is 5.91. The highest BCUT2D eigenvalue weighted by Crippen LogP contribution is 2.39. The van der Waals surface area contributed by atoms with Crippen LogP contribution in [0.3, 0.4) is 0 Å². The van der Waals surface area contributed by atoms with Gasteiger partial charge in [0, 0.05) is 37.8 Å². The number of benzene rings is 1. The molecule has 1 heterocycles. The first-order valence-electron chi connectivity index (χ1n) is 7.07. The number of nitrogens with one attached hydrogen (secondary N) is 1. The van der Waals surface area contributed by atoms with Crippen LogP contribution in [0, 0.1) is 5.92 Å². The number of nitrogens with zero attached hydrogens (tertiary/aromatic N) is 1. The highest BCUT2D eigenvalue weighted by molar-refractivity contribution is 6.32. The van der Waals surface area contributed by atoms with E-state index in [2.05, 4.69) is 24.1 Å². The highest BCUT2D eigenvalue weighted by atomic mass is 35.5. The van der Waals surface area contributed by atoms with Crippen molar-refractivity contribution in [1.82, 2.24) is 10.2 Å². The van der Waals surface area contributed by atoms with Crippen molar-refractivity contribution in [3.8, 4) is 5.75 Å². The minimum Gasteiger partial charge on any atom is -0.506 e. The van der Waals surface area contributed by atoms with E-state index in [1.165, 1.54) is 0 Å². The van der Waals surface area contributed by atoms with E-state index in [0.29, 0.717) is 10.9 Å². The number of halogens is 3. The first-order valence-corrected chi connectivity index (χ1v) is 7.45. The predicted octanol–water partition coefficient (Wildman–Crippen LogP) is 3.88. The molecule has 2 atom stereocenters. The molecule has 2 N–H and O–H groups in total. The maximum atomic E-state index is 10.3. The van der Waals surface area contributed by atoms with E-state index in [4.69, 9.17) is 11.6 Å². The molecule has 1 aliphatic rings. The van der Waals surface area contributed by atoms with E-state index < -0.39 is 0 Å². The summed E-state index contributed by atoms with van der Waals surface area (Å²) in [6.45, 7) is 8.49. The van der Waals surface area contributed by atoms with Gasteiger partial charge in [-0.3, -0.25) is 4.90 Å². The molecule has 1 aliphatic heterocycles. The van der Waals surface area contributed by atoms with Crippen LogP contribution in [0.15, 0.2) is 18.2 Å². The second-order valence-corrected chi connectivity index (χ2v) is 5.70. The lowest BCUT2D eigenvalue weighted by Crippen LogP contribution is -2.46. The SMILES string of the molecule is CCC(C)[C@@H](c1cccc(Cl)c1O)N1CCNCC1.Cl.Cl. The third-order valence-electron chi connectivity index (χ3n) is 4.06. The van der Waals surface area contributed by atoms with Gasteiger partial charge < -0.3 is 10.4 Å². The fourth-order valence-corrected chi connectivity index (χ4v) is 3.00. The fraction of sp³-hybridized carbons (Fsp3) is 0.600. The Morgan fingerprint density at radius 2 is 1.90 bits per heavy atom. The molecule has 1 saturated heterocycles. The normalized spacial score (nSPS) is 18.2. The van der Waals surface area contributed by atoms with Crippen LogP contribution in [0.4, 0.5) is 0 Å². The Bertz CT molecular complexity index is 425. The molecule has 122 valence electrons. The van der Waals surface area contributed by atoms with Gasteiger partial charge in [0.1, 0.15) is 5.75 Å². The molecule has 0 saturated carbocycles. The Labute approximate surface area is 144 Å². The van der Waals surface area contributed by atoms with Crippen molar-refractivity contribution >= 4 is 36.4 Å². The van der Waals surface area contributed by atoms with E-state index in [1.807, 2.05) is 12.1 Å². The lowest BCUT2D eigenvalue weighted by Gasteiger charge is -2.38. The molecule has 3 nitrogen and oxygen atoms in total. The highest BCUT2D eigenvalue weighted by Gasteiger charge is 2.28. The fourth-order valence-electron chi connectivity index (χ4n) is 2.82. The molecular weight excluding hydrogens is 331 g/mol. The standard InChI is InChI=1S/C15H23ClN2O.2ClH/c1-3-11(2)14(18-9-7-17-8-10-18)12-5-4-6-13(16)15(12)19;;/h4-6,11,14,17,19H,3,7-10H2,1-2H3;2*1H/t11?,14-;;/m0../s1. The second kappa shape index (κ2) is 9.75. The van der Waals surface area contributed by atoms with Gasteiger partial charge in [0.15, 0.2) is 0 Å². The smallest absolute Gasteiger partial charge is 0.138 e. The second-order valence-electron chi connectivity index (χ2n) is 5.29. The molecule has 1 aromatic rings. The van der Waals surface area contributed by atoms with Crippen molar-refractivity contribution in [2.75, 3.05) is 26.2 Å². The van der Waals surface area contributed by atoms with Crippen molar-refractivity contribution in [3.05, 3.63) is 28.8 Å². The molecule has 1 unspecified atom stereocenters. The van der Waals surface area contributed by atoms with Crippen LogP contribution in [0.2, 0.25) is 5.02 Å². The summed E-state index contributed by atoms with van der Waals surface area (Å²) < 4.78 is 0. The molecule has 6 heteroatoms. The maximum absolute atomic E-state index is 10.3. The molecule has 1 aromatic carbocycles. The summed E-state index contributed by atoms with van der Waals surface area (Å²) in [6.07, 6.45) is 1.08. The van der Waals surface area contributed by atoms with E-state index in [0.717, 1.165) is 38.2 Å². The number of phenols is 1. The van der Waals surface area contributed by atoms with Gasteiger partial charge in [-0.15, -0.1) is 24.8 Å². The first-order chi connectivity index (χ1) is 9.15. The predicted molar refractivity (Wildman–Crippen MR) is 94.3 cm³/mol. The van der Waals surface area contributed by atoms with Crippen LogP contribution in [0.5, 0.6) is 5.75 Å². The Hall–Kier alpha value is -0.190. The largest absolute Gasteiger partial charge is 0.506 e. The number of hydrogen-bond acceptors (Lipinski definition) is 3. The Kier molecular flexibility index (Phi) is 9.66. The van der Waals surface area contributed by atoms with Crippen LogP contribution < -0.4 is 5.32 Å². The third-order valence-corrected chi connectivity index (χ3v) is 4.37. The average Bonchev–Trinajstić information content (AvgIpc) is 2.44. The van der Waals surface area contributed by atoms with Crippen LogP contribution in [-0.2, 0) is 0 Å². The van der Waals surface area contributed by atoms with Gasteiger partial charge in [-0.25, -0.2) is 0 Å². The summed E-state index contributed by atoms with van der Waals surface area (Å²) in [5.74, 6) is 0.732. The number of rotatable bonds is 4. The van der Waals surface area contributed by atoms with Gasteiger partial charge in [-0.05, 0) is 12.0 Å². The minimum absolute atomic E-state index is 0. The molecule has 21 heavy (non-hydrogen) atoms. The third kappa shape index (κ3) is 4.90. The summed E-state index contributed by atoms with van der Waals surface area (Å²) in [5, 5.41) is 14.1. The van der Waals surface area contributed by atoms with Crippen molar-refractivity contribution < 1.29 is 5.11 Å². The Morgan fingerprint density at radius 3 is 2.48 bits per heavy atom. The number of piperazine rings is 1. The van der Waals surface area contributed by atoms with Crippen LogP contribution in [-0.4, -0.2) is 36.2 Å². The van der Waals surface area contributed by atoms with Crippen LogP contribution >= 0.6 is 36.4 Å². The molecule has 0 bridgehead atoms. The summed E-state index contributed by atoms with van der Waals surface area (Å²) in [5.41, 5.74) is 0.962. The zero-order valence-corrected chi connectivity index (χ0v) is 14.9. The lowest BCUT2D eigenvalue weighted by molar-refractivity contribution is 0.126. The molecule has 0 aliphatic carbocycles. The molecule has 1 fully saturated rings. The lowest BCUT2D eigenvalue weighted by atomic mass is 9.90. The molecule has 2 rings (SSSR count). The van der Waals surface area contributed by atoms with Gasteiger partial charge in [0.05, 0.1) is 5.02 Å². The maximum Gasteiger partial charge on any atom is 0.138 e. The van der Waals surface area contributed by atoms with E-state index in [9.17, 15) is 5.11 Å². The van der Waals surface area contributed by atoms with E-state index >= 15 is 0 Å². The number of hydrogen-bond donors (Lipinski definition) is 2.